The average Bonchev–Trinajstić information content (AvgIpc) is 2.83. The second-order valence-electron chi connectivity index (χ2n) is 8.88. The van der Waals surface area contributed by atoms with Gasteiger partial charge in [0, 0.05) is 17.3 Å². The number of alkyl carbamates (subject to hydrolysis) is 1. The highest BCUT2D eigenvalue weighted by Gasteiger charge is 2.20. The maximum absolute atomic E-state index is 13.9. The maximum Gasteiger partial charge on any atom is 0.407 e. The van der Waals surface area contributed by atoms with E-state index >= 15 is 0 Å². The molecule has 0 aliphatic heterocycles. The quantitative estimate of drug-likeness (QED) is 0.292. The van der Waals surface area contributed by atoms with E-state index < -0.39 is 29.3 Å². The van der Waals surface area contributed by atoms with E-state index in [1.165, 1.54) is 36.5 Å². The monoisotopic (exact) mass is 562 g/mol. The summed E-state index contributed by atoms with van der Waals surface area (Å²) < 4.78 is 24.6. The lowest BCUT2D eigenvalue weighted by atomic mass is 10.1. The molecule has 0 saturated carbocycles. The molecule has 0 fully saturated rings. The fourth-order valence-corrected chi connectivity index (χ4v) is 3.35. The van der Waals surface area contributed by atoms with Crippen molar-refractivity contribution in [3.63, 3.8) is 0 Å². The Hall–Kier alpha value is -3.89. The zero-order valence-electron chi connectivity index (χ0n) is 20.7. The molecule has 0 radical (unpaired) electrons. The molecule has 1 aromatic heterocycles. The van der Waals surface area contributed by atoms with E-state index in [-0.39, 0.29) is 46.6 Å². The molecule has 9 nitrogen and oxygen atoms in total. The molecule has 2 aromatic carbocycles. The molecular weight excluding hydrogens is 538 g/mol. The van der Waals surface area contributed by atoms with Gasteiger partial charge in [-0.2, -0.15) is 0 Å². The maximum atomic E-state index is 13.9. The number of amides is 3. The molecule has 3 rings (SSSR count). The largest absolute Gasteiger partial charge is 0.491 e. The van der Waals surface area contributed by atoms with Crippen molar-refractivity contribution in [2.24, 2.45) is 0 Å². The van der Waals surface area contributed by atoms with Crippen LogP contribution in [0.25, 0.3) is 0 Å². The predicted octanol–water partition coefficient (Wildman–Crippen LogP) is 5.94. The van der Waals surface area contributed by atoms with Crippen LogP contribution >= 0.6 is 23.2 Å². The van der Waals surface area contributed by atoms with Crippen molar-refractivity contribution in [1.29, 1.82) is 0 Å². The molecular formula is C26H25Cl2FN4O5. The number of hydrogen-bond acceptors (Lipinski definition) is 6. The third kappa shape index (κ3) is 8.60. The summed E-state index contributed by atoms with van der Waals surface area (Å²) in [6.07, 6.45) is 0.734. The summed E-state index contributed by atoms with van der Waals surface area (Å²) in [5.74, 6) is -1.69. The van der Waals surface area contributed by atoms with Gasteiger partial charge in [-0.05, 0) is 63.2 Å². The number of aromatic nitrogens is 1. The Morgan fingerprint density at radius 2 is 1.63 bits per heavy atom. The first kappa shape index (κ1) is 28.7. The van der Waals surface area contributed by atoms with E-state index in [0.29, 0.717) is 5.02 Å². The number of benzene rings is 2. The van der Waals surface area contributed by atoms with Crippen molar-refractivity contribution < 1.29 is 28.2 Å². The molecule has 0 aliphatic carbocycles. The van der Waals surface area contributed by atoms with Crippen LogP contribution in [0.4, 0.5) is 20.7 Å². The summed E-state index contributed by atoms with van der Waals surface area (Å²) >= 11 is 11.9. The van der Waals surface area contributed by atoms with Gasteiger partial charge < -0.3 is 25.4 Å². The summed E-state index contributed by atoms with van der Waals surface area (Å²) in [6.45, 7) is 5.17. The summed E-state index contributed by atoms with van der Waals surface area (Å²) in [7, 11) is 0. The molecule has 3 N–H and O–H groups in total. The van der Waals surface area contributed by atoms with Crippen LogP contribution in [0.5, 0.6) is 5.75 Å². The highest BCUT2D eigenvalue weighted by Crippen LogP contribution is 2.25. The number of hydrogen-bond donors (Lipinski definition) is 3. The van der Waals surface area contributed by atoms with E-state index in [9.17, 15) is 18.8 Å². The van der Waals surface area contributed by atoms with Crippen molar-refractivity contribution in [2.75, 3.05) is 23.8 Å². The Morgan fingerprint density at radius 1 is 0.921 bits per heavy atom. The molecule has 0 unspecified atom stereocenters. The number of ether oxygens (including phenoxy) is 2. The van der Waals surface area contributed by atoms with Gasteiger partial charge in [-0.1, -0.05) is 23.2 Å². The van der Waals surface area contributed by atoms with Crippen LogP contribution < -0.4 is 20.7 Å². The zero-order valence-corrected chi connectivity index (χ0v) is 22.2. The van der Waals surface area contributed by atoms with Gasteiger partial charge in [0.05, 0.1) is 28.4 Å². The third-order valence-electron chi connectivity index (χ3n) is 4.66. The van der Waals surface area contributed by atoms with Crippen LogP contribution in [0, 0.1) is 5.82 Å². The SMILES string of the molecule is CC(C)(C)OC(=O)NCCOc1cc(F)ccc1C(=O)Nc1ccc(Cl)cc1C(=O)Nc1ccc(Cl)cn1. The first-order valence-electron chi connectivity index (χ1n) is 11.3. The van der Waals surface area contributed by atoms with Crippen molar-refractivity contribution >= 4 is 52.6 Å². The second kappa shape index (κ2) is 12.6. The summed E-state index contributed by atoms with van der Waals surface area (Å²) in [4.78, 5) is 41.8. The van der Waals surface area contributed by atoms with Crippen LogP contribution in [0.15, 0.2) is 54.7 Å². The zero-order chi connectivity index (χ0) is 27.9. The molecule has 0 aliphatic rings. The minimum Gasteiger partial charge on any atom is -0.491 e. The Labute approximate surface area is 228 Å². The number of nitrogens with zero attached hydrogens (tertiary/aromatic N) is 1. The van der Waals surface area contributed by atoms with Gasteiger partial charge in [0.2, 0.25) is 0 Å². The molecule has 0 bridgehead atoms. The summed E-state index contributed by atoms with van der Waals surface area (Å²) in [5.41, 5.74) is -0.451. The molecule has 200 valence electrons. The standard InChI is InChI=1S/C26H25Cl2FN4O5/c1-26(2,3)38-25(36)30-10-11-37-21-13-17(29)6-7-18(21)23(34)32-20-8-4-15(27)12-19(20)24(35)33-22-9-5-16(28)14-31-22/h4-9,12-14H,10-11H2,1-3H3,(H,30,36)(H,32,34)(H,31,33,35). The Bertz CT molecular complexity index is 1330. The van der Waals surface area contributed by atoms with Gasteiger partial charge >= 0.3 is 6.09 Å². The Morgan fingerprint density at radius 3 is 2.32 bits per heavy atom. The Kier molecular flexibility index (Phi) is 9.49. The van der Waals surface area contributed by atoms with Crippen molar-refractivity contribution in [3.8, 4) is 5.75 Å². The van der Waals surface area contributed by atoms with Crippen LogP contribution in [-0.4, -0.2) is 41.6 Å². The number of anilines is 2. The van der Waals surface area contributed by atoms with Crippen LogP contribution in [0.1, 0.15) is 41.5 Å². The number of halogens is 3. The van der Waals surface area contributed by atoms with Crippen LogP contribution in [-0.2, 0) is 4.74 Å². The molecule has 38 heavy (non-hydrogen) atoms. The Balaban J connectivity index is 1.72. The van der Waals surface area contributed by atoms with Gasteiger partial charge in [0.1, 0.15) is 29.6 Å². The van der Waals surface area contributed by atoms with Crippen LogP contribution in [0.3, 0.4) is 0 Å². The summed E-state index contributed by atoms with van der Waals surface area (Å²) in [6, 6.07) is 10.8. The lowest BCUT2D eigenvalue weighted by Gasteiger charge is -2.19. The van der Waals surface area contributed by atoms with E-state index in [2.05, 4.69) is 20.9 Å². The normalized spacial score (nSPS) is 10.9. The average molecular weight is 563 g/mol. The fourth-order valence-electron chi connectivity index (χ4n) is 3.07. The molecule has 3 amide bonds. The molecule has 3 aromatic rings. The van der Waals surface area contributed by atoms with Gasteiger partial charge in [0.25, 0.3) is 11.8 Å². The first-order valence-corrected chi connectivity index (χ1v) is 12.1. The molecule has 0 spiro atoms. The smallest absolute Gasteiger partial charge is 0.407 e. The van der Waals surface area contributed by atoms with Gasteiger partial charge in [-0.25, -0.2) is 14.2 Å². The predicted molar refractivity (Wildman–Crippen MR) is 143 cm³/mol. The first-order chi connectivity index (χ1) is 17.9. The van der Waals surface area contributed by atoms with E-state index in [1.54, 1.807) is 26.8 Å². The van der Waals surface area contributed by atoms with Crippen LogP contribution in [0.2, 0.25) is 10.0 Å². The second-order valence-corrected chi connectivity index (χ2v) is 9.75. The minimum absolute atomic E-state index is 0.00402. The van der Waals surface area contributed by atoms with E-state index in [0.717, 1.165) is 12.1 Å². The minimum atomic E-state index is -0.666. The summed E-state index contributed by atoms with van der Waals surface area (Å²) in [5, 5.41) is 8.41. The van der Waals surface area contributed by atoms with Gasteiger partial charge in [-0.3, -0.25) is 9.59 Å². The fraction of sp³-hybridized carbons (Fsp3) is 0.231. The highest BCUT2D eigenvalue weighted by atomic mass is 35.5. The van der Waals surface area contributed by atoms with E-state index in [1.807, 2.05) is 0 Å². The van der Waals surface area contributed by atoms with E-state index in [4.69, 9.17) is 32.7 Å². The molecule has 0 saturated heterocycles. The molecule has 12 heteroatoms. The van der Waals surface area contributed by atoms with Crippen molar-refractivity contribution in [2.45, 2.75) is 26.4 Å². The number of carbonyl (C=O) groups excluding carboxylic acids is 3. The topological polar surface area (TPSA) is 119 Å². The third-order valence-corrected chi connectivity index (χ3v) is 5.12. The van der Waals surface area contributed by atoms with Gasteiger partial charge in [-0.15, -0.1) is 0 Å². The van der Waals surface area contributed by atoms with Crippen molar-refractivity contribution in [1.82, 2.24) is 10.3 Å². The van der Waals surface area contributed by atoms with Gasteiger partial charge in [0.15, 0.2) is 0 Å². The highest BCUT2D eigenvalue weighted by molar-refractivity contribution is 6.31. The number of pyridine rings is 1. The molecule has 1 heterocycles. The molecule has 0 atom stereocenters. The number of rotatable bonds is 8. The lowest BCUT2D eigenvalue weighted by molar-refractivity contribution is 0.0519. The lowest BCUT2D eigenvalue weighted by Crippen LogP contribution is -2.34. The van der Waals surface area contributed by atoms with Crippen molar-refractivity contribution in [3.05, 3.63) is 81.7 Å². The number of carbonyl (C=O) groups is 3. The number of nitrogens with one attached hydrogen (secondary N) is 3.